The van der Waals surface area contributed by atoms with E-state index in [-0.39, 0.29) is 0 Å². The molecule has 12 heavy (non-hydrogen) atoms. The highest BCUT2D eigenvalue weighted by Gasteiger charge is 1.98. The summed E-state index contributed by atoms with van der Waals surface area (Å²) < 4.78 is 0. The van der Waals surface area contributed by atoms with Crippen LogP contribution in [0.4, 0.5) is 0 Å². The van der Waals surface area contributed by atoms with E-state index < -0.39 is 0 Å². The van der Waals surface area contributed by atoms with Gasteiger partial charge < -0.3 is 0 Å². The number of allylic oxidation sites excluding steroid dienone is 1. The third-order valence-corrected chi connectivity index (χ3v) is 2.39. The van der Waals surface area contributed by atoms with Gasteiger partial charge in [-0.2, -0.15) is 0 Å². The van der Waals surface area contributed by atoms with E-state index in [1.54, 1.807) is 0 Å². The lowest BCUT2D eigenvalue weighted by Crippen LogP contribution is -1.93. The maximum absolute atomic E-state index is 3.72. The molecule has 0 heteroatoms. The van der Waals surface area contributed by atoms with Crippen molar-refractivity contribution in [1.29, 1.82) is 0 Å². The largest absolute Gasteiger partial charge is 0.103 e. The molecule has 0 aliphatic heterocycles. The Labute approximate surface area is 78.1 Å². The third-order valence-electron chi connectivity index (χ3n) is 2.39. The summed E-state index contributed by atoms with van der Waals surface area (Å²) in [5.74, 6) is 0.943. The van der Waals surface area contributed by atoms with Crippen LogP contribution in [0, 0.1) is 5.92 Å². The third kappa shape index (κ3) is 7.84. The molecular formula is C12H24. The van der Waals surface area contributed by atoms with E-state index in [0.29, 0.717) is 0 Å². The molecule has 0 aromatic heterocycles. The minimum atomic E-state index is 0.943. The number of unbranched alkanes of at least 4 members (excludes halogenated alkanes) is 3. The maximum atomic E-state index is 3.72. The molecule has 72 valence electrons. The van der Waals surface area contributed by atoms with Crippen LogP contribution in [-0.4, -0.2) is 0 Å². The minimum absolute atomic E-state index is 0.943. The molecule has 0 saturated heterocycles. The van der Waals surface area contributed by atoms with Crippen molar-refractivity contribution >= 4 is 0 Å². The summed E-state index contributed by atoms with van der Waals surface area (Å²) in [5.41, 5.74) is 0. The van der Waals surface area contributed by atoms with Crippen LogP contribution in [0.2, 0.25) is 0 Å². The predicted octanol–water partition coefficient (Wildman–Crippen LogP) is 4.56. The van der Waals surface area contributed by atoms with Gasteiger partial charge in [-0.25, -0.2) is 0 Å². The fourth-order valence-electron chi connectivity index (χ4n) is 1.60. The number of hydrogen-bond donors (Lipinski definition) is 0. The fraction of sp³-hybridized carbons (Fsp3) is 0.833. The highest BCUT2D eigenvalue weighted by Crippen LogP contribution is 2.14. The molecule has 0 radical (unpaired) electrons. The Morgan fingerprint density at radius 2 is 1.92 bits per heavy atom. The Morgan fingerprint density at radius 3 is 2.50 bits per heavy atom. The highest BCUT2D eigenvalue weighted by molar-refractivity contribution is 4.65. The van der Waals surface area contributed by atoms with Crippen LogP contribution in [0.1, 0.15) is 58.8 Å². The van der Waals surface area contributed by atoms with Crippen LogP contribution < -0.4 is 0 Å². The molecule has 0 amide bonds. The van der Waals surface area contributed by atoms with Crippen molar-refractivity contribution in [2.45, 2.75) is 58.8 Å². The quantitative estimate of drug-likeness (QED) is 0.368. The van der Waals surface area contributed by atoms with E-state index in [9.17, 15) is 0 Å². The smallest absolute Gasteiger partial charge is 0.0353 e. The van der Waals surface area contributed by atoms with Gasteiger partial charge in [-0.3, -0.25) is 0 Å². The van der Waals surface area contributed by atoms with Crippen molar-refractivity contribution in [2.24, 2.45) is 5.92 Å². The van der Waals surface area contributed by atoms with E-state index in [1.807, 2.05) is 6.08 Å². The van der Waals surface area contributed by atoms with Gasteiger partial charge in [0.25, 0.3) is 0 Å². The molecular weight excluding hydrogens is 144 g/mol. The predicted molar refractivity (Wildman–Crippen MR) is 57.4 cm³/mol. The molecule has 0 spiro atoms. The van der Waals surface area contributed by atoms with Gasteiger partial charge in [-0.05, 0) is 18.8 Å². The summed E-state index contributed by atoms with van der Waals surface area (Å²) in [6.07, 6.45) is 11.5. The summed E-state index contributed by atoms with van der Waals surface area (Å²) in [6, 6.07) is 0. The van der Waals surface area contributed by atoms with Gasteiger partial charge in [0.15, 0.2) is 0 Å². The zero-order chi connectivity index (χ0) is 9.23. The Bertz CT molecular complexity index is 94.2. The molecule has 0 bridgehead atoms. The minimum Gasteiger partial charge on any atom is -0.103 e. The van der Waals surface area contributed by atoms with Gasteiger partial charge >= 0.3 is 0 Å². The fourth-order valence-corrected chi connectivity index (χ4v) is 1.60. The lowest BCUT2D eigenvalue weighted by atomic mass is 9.98. The SMILES string of the molecule is C=CCCCCCC(C)CCC. The molecule has 0 rings (SSSR count). The Morgan fingerprint density at radius 1 is 1.17 bits per heavy atom. The number of rotatable bonds is 8. The molecule has 1 unspecified atom stereocenters. The standard InChI is InChI=1S/C12H24/c1-4-6-7-8-9-11-12(3)10-5-2/h4,12H,1,5-11H2,2-3H3. The molecule has 1 atom stereocenters. The van der Waals surface area contributed by atoms with Crippen LogP contribution >= 0.6 is 0 Å². The topological polar surface area (TPSA) is 0 Å². The lowest BCUT2D eigenvalue weighted by Gasteiger charge is -2.08. The molecule has 0 aliphatic rings. The van der Waals surface area contributed by atoms with Crippen LogP contribution in [0.25, 0.3) is 0 Å². The van der Waals surface area contributed by atoms with Crippen molar-refractivity contribution < 1.29 is 0 Å². The van der Waals surface area contributed by atoms with E-state index >= 15 is 0 Å². The monoisotopic (exact) mass is 168 g/mol. The summed E-state index contributed by atoms with van der Waals surface area (Å²) >= 11 is 0. The maximum Gasteiger partial charge on any atom is -0.0353 e. The van der Waals surface area contributed by atoms with Crippen molar-refractivity contribution in [3.05, 3.63) is 12.7 Å². The van der Waals surface area contributed by atoms with E-state index in [2.05, 4.69) is 20.4 Å². The second-order valence-electron chi connectivity index (χ2n) is 3.82. The Hall–Kier alpha value is -0.260. The van der Waals surface area contributed by atoms with Gasteiger partial charge in [-0.1, -0.05) is 52.0 Å². The number of hydrogen-bond acceptors (Lipinski definition) is 0. The first-order chi connectivity index (χ1) is 5.81. The highest BCUT2D eigenvalue weighted by atomic mass is 14.0. The van der Waals surface area contributed by atoms with E-state index in [1.165, 1.54) is 44.9 Å². The molecule has 0 aliphatic carbocycles. The molecule has 0 heterocycles. The molecule has 0 N–H and O–H groups in total. The molecule has 0 fully saturated rings. The average molecular weight is 168 g/mol. The van der Waals surface area contributed by atoms with E-state index in [4.69, 9.17) is 0 Å². The summed E-state index contributed by atoms with van der Waals surface area (Å²) in [7, 11) is 0. The van der Waals surface area contributed by atoms with Crippen LogP contribution in [0.3, 0.4) is 0 Å². The van der Waals surface area contributed by atoms with E-state index in [0.717, 1.165) is 5.92 Å². The Kier molecular flexibility index (Phi) is 8.64. The van der Waals surface area contributed by atoms with Crippen molar-refractivity contribution in [3.8, 4) is 0 Å². The molecule has 0 aromatic rings. The van der Waals surface area contributed by atoms with Gasteiger partial charge in [0.05, 0.1) is 0 Å². The molecule has 0 saturated carbocycles. The summed E-state index contributed by atoms with van der Waals surface area (Å²) in [6.45, 7) is 8.37. The van der Waals surface area contributed by atoms with Gasteiger partial charge in [0.1, 0.15) is 0 Å². The zero-order valence-electron chi connectivity index (χ0n) is 8.81. The lowest BCUT2D eigenvalue weighted by molar-refractivity contribution is 0.457. The van der Waals surface area contributed by atoms with Crippen LogP contribution in [0.5, 0.6) is 0 Å². The van der Waals surface area contributed by atoms with Crippen LogP contribution in [0.15, 0.2) is 12.7 Å². The van der Waals surface area contributed by atoms with Crippen molar-refractivity contribution in [2.75, 3.05) is 0 Å². The summed E-state index contributed by atoms with van der Waals surface area (Å²) in [4.78, 5) is 0. The second kappa shape index (κ2) is 8.83. The molecule has 0 aromatic carbocycles. The first-order valence-electron chi connectivity index (χ1n) is 5.42. The van der Waals surface area contributed by atoms with Crippen molar-refractivity contribution in [3.63, 3.8) is 0 Å². The normalized spacial score (nSPS) is 12.8. The van der Waals surface area contributed by atoms with Gasteiger partial charge in [-0.15, -0.1) is 6.58 Å². The first-order valence-corrected chi connectivity index (χ1v) is 5.42. The zero-order valence-corrected chi connectivity index (χ0v) is 8.81. The summed E-state index contributed by atoms with van der Waals surface area (Å²) in [5, 5.41) is 0. The second-order valence-corrected chi connectivity index (χ2v) is 3.82. The van der Waals surface area contributed by atoms with Gasteiger partial charge in [0, 0.05) is 0 Å². The average Bonchev–Trinajstić information content (AvgIpc) is 2.05. The van der Waals surface area contributed by atoms with Crippen LogP contribution in [-0.2, 0) is 0 Å². The Balaban J connectivity index is 3.02. The van der Waals surface area contributed by atoms with Gasteiger partial charge in [0.2, 0.25) is 0 Å². The first kappa shape index (κ1) is 11.7. The molecule has 0 nitrogen and oxygen atoms in total. The van der Waals surface area contributed by atoms with Crippen molar-refractivity contribution in [1.82, 2.24) is 0 Å².